The molecule has 0 aliphatic carbocycles. The van der Waals surface area contributed by atoms with Gasteiger partial charge in [-0.15, -0.1) is 0 Å². The Morgan fingerprint density at radius 2 is 1.64 bits per heavy atom. The molecule has 0 bridgehead atoms. The summed E-state index contributed by atoms with van der Waals surface area (Å²) in [6.07, 6.45) is 10.4. The van der Waals surface area contributed by atoms with E-state index in [1.807, 2.05) is 0 Å². The summed E-state index contributed by atoms with van der Waals surface area (Å²) in [5.74, 6) is 2.29. The molecule has 3 heteroatoms. The molecule has 22 heavy (non-hydrogen) atoms. The van der Waals surface area contributed by atoms with Crippen molar-refractivity contribution < 1.29 is 4.79 Å². The van der Waals surface area contributed by atoms with Crippen LogP contribution in [0.5, 0.6) is 0 Å². The third kappa shape index (κ3) is 12.2. The fourth-order valence-electron chi connectivity index (χ4n) is 3.51. The third-order valence-electron chi connectivity index (χ3n) is 4.54. The zero-order chi connectivity index (χ0) is 16.8. The van der Waals surface area contributed by atoms with Crippen LogP contribution in [0.4, 0.5) is 0 Å². The second-order valence-corrected chi connectivity index (χ2v) is 7.36. The number of nitrogens with two attached hydrogens (primary N) is 1. The van der Waals surface area contributed by atoms with E-state index in [1.54, 1.807) is 0 Å². The van der Waals surface area contributed by atoms with Gasteiger partial charge in [-0.3, -0.25) is 0 Å². The van der Waals surface area contributed by atoms with Crippen molar-refractivity contribution in [3.05, 3.63) is 0 Å². The first-order chi connectivity index (χ1) is 10.5. The summed E-state index contributed by atoms with van der Waals surface area (Å²) in [7, 11) is 0. The Morgan fingerprint density at radius 3 is 2.23 bits per heavy atom. The Bertz CT molecular complexity index is 258. The summed E-state index contributed by atoms with van der Waals surface area (Å²) in [5.41, 5.74) is 5.53. The molecule has 0 aliphatic rings. The second kappa shape index (κ2) is 14.2. The molecule has 0 spiro atoms. The molecular formula is C19H40N2O. The molecular weight excluding hydrogens is 272 g/mol. The van der Waals surface area contributed by atoms with E-state index in [0.29, 0.717) is 24.9 Å². The molecule has 0 saturated carbocycles. The Kier molecular flexibility index (Phi) is 13.9. The van der Waals surface area contributed by atoms with Crippen molar-refractivity contribution in [2.75, 3.05) is 13.1 Å². The van der Waals surface area contributed by atoms with Crippen LogP contribution in [0.1, 0.15) is 79.1 Å². The summed E-state index contributed by atoms with van der Waals surface area (Å²) < 4.78 is 0. The van der Waals surface area contributed by atoms with E-state index in [0.717, 1.165) is 37.5 Å². The van der Waals surface area contributed by atoms with Crippen LogP contribution in [0.2, 0.25) is 0 Å². The van der Waals surface area contributed by atoms with Gasteiger partial charge < -0.3 is 15.8 Å². The van der Waals surface area contributed by atoms with Crippen LogP contribution in [0.25, 0.3) is 0 Å². The number of carbonyl (C=O) groups excluding carboxylic acids is 1. The predicted molar refractivity (Wildman–Crippen MR) is 97.0 cm³/mol. The first kappa shape index (κ1) is 21.6. The molecule has 3 nitrogen and oxygen atoms in total. The predicted octanol–water partition coefficient (Wildman–Crippen LogP) is 4.15. The first-order valence-corrected chi connectivity index (χ1v) is 9.40. The normalized spacial score (nSPS) is 17.0. The molecule has 4 unspecified atom stereocenters. The topological polar surface area (TPSA) is 55.1 Å². The molecule has 0 aliphatic heterocycles. The van der Waals surface area contributed by atoms with Gasteiger partial charge in [-0.2, -0.15) is 0 Å². The van der Waals surface area contributed by atoms with E-state index in [9.17, 15) is 4.79 Å². The van der Waals surface area contributed by atoms with E-state index in [-0.39, 0.29) is 0 Å². The molecule has 0 amide bonds. The van der Waals surface area contributed by atoms with Crippen LogP contribution < -0.4 is 11.1 Å². The van der Waals surface area contributed by atoms with Crippen molar-refractivity contribution >= 4 is 6.29 Å². The van der Waals surface area contributed by atoms with Crippen LogP contribution in [0, 0.1) is 17.8 Å². The number of unbranched alkanes of at least 4 members (excludes halogenated alkanes) is 1. The number of aldehydes is 1. The summed E-state index contributed by atoms with van der Waals surface area (Å²) >= 11 is 0. The zero-order valence-electron chi connectivity index (χ0n) is 15.4. The van der Waals surface area contributed by atoms with E-state index < -0.39 is 0 Å². The molecule has 132 valence electrons. The van der Waals surface area contributed by atoms with Gasteiger partial charge in [-0.1, -0.05) is 47.0 Å². The molecule has 0 aromatic heterocycles. The molecule has 3 N–H and O–H groups in total. The third-order valence-corrected chi connectivity index (χ3v) is 4.54. The smallest absolute Gasteiger partial charge is 0.121 e. The van der Waals surface area contributed by atoms with Gasteiger partial charge in [0.15, 0.2) is 0 Å². The van der Waals surface area contributed by atoms with Gasteiger partial charge in [0.25, 0.3) is 0 Å². The van der Waals surface area contributed by atoms with Gasteiger partial charge >= 0.3 is 0 Å². The van der Waals surface area contributed by atoms with Gasteiger partial charge in [-0.25, -0.2) is 0 Å². The molecule has 0 radical (unpaired) electrons. The van der Waals surface area contributed by atoms with Gasteiger partial charge in [-0.05, 0) is 56.5 Å². The van der Waals surface area contributed by atoms with Gasteiger partial charge in [0.05, 0.1) is 0 Å². The zero-order valence-corrected chi connectivity index (χ0v) is 15.4. The first-order valence-electron chi connectivity index (χ1n) is 9.40. The molecule has 0 rings (SSSR count). The Morgan fingerprint density at radius 1 is 1.00 bits per heavy atom. The van der Waals surface area contributed by atoms with E-state index in [4.69, 9.17) is 5.73 Å². The lowest BCUT2D eigenvalue weighted by atomic mass is 9.85. The largest absolute Gasteiger partial charge is 0.330 e. The van der Waals surface area contributed by atoms with Gasteiger partial charge in [0.1, 0.15) is 6.29 Å². The van der Waals surface area contributed by atoms with Crippen LogP contribution in [-0.2, 0) is 4.79 Å². The minimum absolute atomic E-state index is 0.323. The number of carbonyl (C=O) groups is 1. The van der Waals surface area contributed by atoms with Crippen molar-refractivity contribution in [2.24, 2.45) is 23.5 Å². The SMILES string of the molecule is CCCCC(C)CC(C)CC(C)CC(CC=O)NCCCN. The lowest BCUT2D eigenvalue weighted by molar-refractivity contribution is -0.108. The Hall–Kier alpha value is -0.410. The van der Waals surface area contributed by atoms with Gasteiger partial charge in [0.2, 0.25) is 0 Å². The average Bonchev–Trinajstić information content (AvgIpc) is 2.45. The van der Waals surface area contributed by atoms with Crippen molar-refractivity contribution in [1.29, 1.82) is 0 Å². The fourth-order valence-corrected chi connectivity index (χ4v) is 3.51. The Labute approximate surface area is 138 Å². The number of hydrogen-bond acceptors (Lipinski definition) is 3. The minimum Gasteiger partial charge on any atom is -0.330 e. The summed E-state index contributed by atoms with van der Waals surface area (Å²) in [5, 5.41) is 3.48. The number of nitrogens with one attached hydrogen (secondary N) is 1. The minimum atomic E-state index is 0.323. The lowest BCUT2D eigenvalue weighted by Gasteiger charge is -2.24. The average molecular weight is 313 g/mol. The molecule has 0 aromatic rings. The highest BCUT2D eigenvalue weighted by Crippen LogP contribution is 2.25. The van der Waals surface area contributed by atoms with Crippen LogP contribution in [0.3, 0.4) is 0 Å². The van der Waals surface area contributed by atoms with E-state index in [2.05, 4.69) is 33.0 Å². The summed E-state index contributed by atoms with van der Waals surface area (Å²) in [6, 6.07) is 0.323. The maximum absolute atomic E-state index is 10.8. The van der Waals surface area contributed by atoms with Crippen LogP contribution in [-0.4, -0.2) is 25.4 Å². The van der Waals surface area contributed by atoms with E-state index in [1.165, 1.54) is 32.1 Å². The molecule has 4 atom stereocenters. The maximum atomic E-state index is 10.8. The summed E-state index contributed by atoms with van der Waals surface area (Å²) in [6.45, 7) is 11.0. The molecule has 0 fully saturated rings. The number of rotatable bonds is 15. The lowest BCUT2D eigenvalue weighted by Crippen LogP contribution is -2.33. The van der Waals surface area contributed by atoms with Crippen molar-refractivity contribution in [3.63, 3.8) is 0 Å². The van der Waals surface area contributed by atoms with Crippen molar-refractivity contribution in [3.8, 4) is 0 Å². The highest BCUT2D eigenvalue weighted by Gasteiger charge is 2.16. The fraction of sp³-hybridized carbons (Fsp3) is 0.947. The van der Waals surface area contributed by atoms with E-state index >= 15 is 0 Å². The molecule has 0 saturated heterocycles. The molecule has 0 heterocycles. The second-order valence-electron chi connectivity index (χ2n) is 7.36. The maximum Gasteiger partial charge on any atom is 0.121 e. The monoisotopic (exact) mass is 312 g/mol. The van der Waals surface area contributed by atoms with Gasteiger partial charge in [0, 0.05) is 12.5 Å². The standard InChI is InChI=1S/C19H40N2O/c1-5-6-8-16(2)13-17(3)14-18(4)15-19(9-12-22)21-11-7-10-20/h12,16-19,21H,5-11,13-15,20H2,1-4H3. The highest BCUT2D eigenvalue weighted by atomic mass is 16.1. The van der Waals surface area contributed by atoms with Crippen LogP contribution >= 0.6 is 0 Å². The Balaban J connectivity index is 4.03. The number of hydrogen-bond donors (Lipinski definition) is 2. The van der Waals surface area contributed by atoms with Crippen molar-refractivity contribution in [2.45, 2.75) is 85.1 Å². The van der Waals surface area contributed by atoms with Crippen LogP contribution in [0.15, 0.2) is 0 Å². The summed E-state index contributed by atoms with van der Waals surface area (Å²) in [4.78, 5) is 10.8. The molecule has 0 aromatic carbocycles. The van der Waals surface area contributed by atoms with Crippen molar-refractivity contribution in [1.82, 2.24) is 5.32 Å². The highest BCUT2D eigenvalue weighted by molar-refractivity contribution is 5.50. The quantitative estimate of drug-likeness (QED) is 0.353.